The highest BCUT2D eigenvalue weighted by molar-refractivity contribution is 7.15. The van der Waals surface area contributed by atoms with E-state index in [2.05, 4.69) is 16.2 Å². The molecule has 0 aliphatic heterocycles. The first-order chi connectivity index (χ1) is 12.2. The zero-order chi connectivity index (χ0) is 17.4. The highest BCUT2D eigenvalue weighted by Gasteiger charge is 2.24. The van der Waals surface area contributed by atoms with E-state index in [9.17, 15) is 15.4 Å². The predicted molar refractivity (Wildman–Crippen MR) is 92.7 cm³/mol. The summed E-state index contributed by atoms with van der Waals surface area (Å²) in [4.78, 5) is 16.1. The van der Waals surface area contributed by atoms with Crippen molar-refractivity contribution in [2.75, 3.05) is 0 Å². The SMILES string of the molecule is N#Cc1c(-n2ncnc2-c2cccc([N+](=O)[O-])c2)sc2c1CCCC2. The molecule has 25 heavy (non-hydrogen) atoms. The second kappa shape index (κ2) is 6.11. The molecule has 8 heteroatoms. The third-order valence-electron chi connectivity index (χ3n) is 4.32. The van der Waals surface area contributed by atoms with Gasteiger partial charge in [0.2, 0.25) is 0 Å². The molecule has 0 atom stereocenters. The first-order valence-corrected chi connectivity index (χ1v) is 8.70. The first kappa shape index (κ1) is 15.5. The van der Waals surface area contributed by atoms with Gasteiger partial charge < -0.3 is 0 Å². The molecule has 3 aromatic rings. The van der Waals surface area contributed by atoms with Crippen LogP contribution in [-0.4, -0.2) is 19.7 Å². The van der Waals surface area contributed by atoms with Crippen LogP contribution in [0, 0.1) is 21.4 Å². The summed E-state index contributed by atoms with van der Waals surface area (Å²) in [5.74, 6) is 0.499. The minimum absolute atomic E-state index is 0.00182. The molecule has 1 aliphatic rings. The van der Waals surface area contributed by atoms with Gasteiger partial charge in [-0.1, -0.05) is 12.1 Å². The van der Waals surface area contributed by atoms with Gasteiger partial charge in [-0.15, -0.1) is 11.3 Å². The van der Waals surface area contributed by atoms with Crippen LogP contribution in [0.3, 0.4) is 0 Å². The zero-order valence-electron chi connectivity index (χ0n) is 13.2. The lowest BCUT2D eigenvalue weighted by Gasteiger charge is -2.09. The Labute approximate surface area is 147 Å². The number of thiophene rings is 1. The van der Waals surface area contributed by atoms with E-state index in [0.29, 0.717) is 17.0 Å². The monoisotopic (exact) mass is 351 g/mol. The normalized spacial score (nSPS) is 13.2. The smallest absolute Gasteiger partial charge is 0.258 e. The fourth-order valence-electron chi connectivity index (χ4n) is 3.16. The molecule has 0 radical (unpaired) electrons. The molecule has 0 saturated carbocycles. The maximum atomic E-state index is 11.0. The van der Waals surface area contributed by atoms with Crippen molar-refractivity contribution in [3.8, 4) is 22.5 Å². The lowest BCUT2D eigenvalue weighted by Crippen LogP contribution is -2.02. The second-order valence-corrected chi connectivity index (χ2v) is 6.89. The fraction of sp³-hybridized carbons (Fsp3) is 0.235. The maximum Gasteiger partial charge on any atom is 0.270 e. The second-order valence-electron chi connectivity index (χ2n) is 5.81. The Morgan fingerprint density at radius 3 is 2.96 bits per heavy atom. The van der Waals surface area contributed by atoms with Gasteiger partial charge in [0.05, 0.1) is 10.5 Å². The van der Waals surface area contributed by atoms with Gasteiger partial charge in [0.25, 0.3) is 5.69 Å². The van der Waals surface area contributed by atoms with Gasteiger partial charge in [0.15, 0.2) is 5.82 Å². The number of benzene rings is 1. The van der Waals surface area contributed by atoms with Crippen molar-refractivity contribution in [3.05, 3.63) is 56.7 Å². The highest BCUT2D eigenvalue weighted by atomic mass is 32.1. The van der Waals surface area contributed by atoms with Gasteiger partial charge in [-0.05, 0) is 31.2 Å². The summed E-state index contributed by atoms with van der Waals surface area (Å²) in [6, 6.07) is 8.60. The summed E-state index contributed by atoms with van der Waals surface area (Å²) in [5.41, 5.74) is 2.37. The molecule has 0 spiro atoms. The van der Waals surface area contributed by atoms with Gasteiger partial charge >= 0.3 is 0 Å². The fourth-order valence-corrected chi connectivity index (χ4v) is 4.46. The van der Waals surface area contributed by atoms with E-state index in [1.54, 1.807) is 28.2 Å². The van der Waals surface area contributed by atoms with Gasteiger partial charge in [-0.2, -0.15) is 10.4 Å². The van der Waals surface area contributed by atoms with Crippen molar-refractivity contribution in [2.45, 2.75) is 25.7 Å². The molecule has 1 aliphatic carbocycles. The van der Waals surface area contributed by atoms with E-state index in [1.165, 1.54) is 23.3 Å². The van der Waals surface area contributed by atoms with Crippen LogP contribution in [0.2, 0.25) is 0 Å². The summed E-state index contributed by atoms with van der Waals surface area (Å²) in [7, 11) is 0. The van der Waals surface area contributed by atoms with E-state index >= 15 is 0 Å². The third kappa shape index (κ3) is 2.58. The molecule has 2 aromatic heterocycles. The molecular formula is C17H13N5O2S. The van der Waals surface area contributed by atoms with Crippen molar-refractivity contribution in [3.63, 3.8) is 0 Å². The Morgan fingerprint density at radius 1 is 1.32 bits per heavy atom. The molecule has 0 bridgehead atoms. The Kier molecular flexibility index (Phi) is 3.78. The molecule has 7 nitrogen and oxygen atoms in total. The molecule has 1 aromatic carbocycles. The number of fused-ring (bicyclic) bond motifs is 1. The van der Waals surface area contributed by atoms with Crippen molar-refractivity contribution >= 4 is 17.0 Å². The van der Waals surface area contributed by atoms with Gasteiger partial charge in [-0.3, -0.25) is 10.1 Å². The number of hydrogen-bond acceptors (Lipinski definition) is 6. The van der Waals surface area contributed by atoms with Crippen LogP contribution in [0.4, 0.5) is 5.69 Å². The van der Waals surface area contributed by atoms with Gasteiger partial charge in [0.1, 0.15) is 17.4 Å². The number of hydrogen-bond donors (Lipinski definition) is 0. The molecule has 124 valence electrons. The van der Waals surface area contributed by atoms with E-state index < -0.39 is 4.92 Å². The first-order valence-electron chi connectivity index (χ1n) is 7.89. The lowest BCUT2D eigenvalue weighted by atomic mass is 9.96. The number of nitriles is 1. The van der Waals surface area contributed by atoms with Gasteiger partial charge in [-0.25, -0.2) is 9.67 Å². The molecule has 0 N–H and O–H groups in total. The number of nitro benzene ring substituents is 1. The summed E-state index contributed by atoms with van der Waals surface area (Å²) in [5, 5.41) is 25.7. The molecular weight excluding hydrogens is 338 g/mol. The number of aryl methyl sites for hydroxylation is 1. The number of nitro groups is 1. The molecule has 0 amide bonds. The Morgan fingerprint density at radius 2 is 2.16 bits per heavy atom. The van der Waals surface area contributed by atoms with E-state index in [4.69, 9.17) is 0 Å². The van der Waals surface area contributed by atoms with E-state index in [1.807, 2.05) is 0 Å². The van der Waals surface area contributed by atoms with Crippen LogP contribution in [-0.2, 0) is 12.8 Å². The van der Waals surface area contributed by atoms with Crippen LogP contribution in [0.1, 0.15) is 28.8 Å². The quantitative estimate of drug-likeness (QED) is 0.530. The summed E-state index contributed by atoms with van der Waals surface area (Å²) in [6.45, 7) is 0. The number of aromatic nitrogens is 3. The maximum absolute atomic E-state index is 11.0. The Bertz CT molecular complexity index is 1010. The van der Waals surface area contributed by atoms with Crippen molar-refractivity contribution in [1.82, 2.24) is 14.8 Å². The average molecular weight is 351 g/mol. The minimum Gasteiger partial charge on any atom is -0.258 e. The van der Waals surface area contributed by atoms with Crippen LogP contribution in [0.15, 0.2) is 30.6 Å². The molecule has 0 fully saturated rings. The van der Waals surface area contributed by atoms with Crippen molar-refractivity contribution < 1.29 is 4.92 Å². The van der Waals surface area contributed by atoms with Crippen LogP contribution >= 0.6 is 11.3 Å². The van der Waals surface area contributed by atoms with E-state index in [0.717, 1.165) is 36.2 Å². The topological polar surface area (TPSA) is 97.6 Å². The average Bonchev–Trinajstić information content (AvgIpc) is 3.25. The van der Waals surface area contributed by atoms with Crippen molar-refractivity contribution in [2.24, 2.45) is 0 Å². The number of non-ortho nitro benzene ring substituents is 1. The van der Waals surface area contributed by atoms with Gasteiger partial charge in [0, 0.05) is 22.6 Å². The molecule has 0 unspecified atom stereocenters. The minimum atomic E-state index is -0.436. The number of rotatable bonds is 3. The van der Waals surface area contributed by atoms with Crippen LogP contribution < -0.4 is 0 Å². The lowest BCUT2D eigenvalue weighted by molar-refractivity contribution is -0.384. The molecule has 0 saturated heterocycles. The van der Waals surface area contributed by atoms with E-state index in [-0.39, 0.29) is 5.69 Å². The summed E-state index contributed by atoms with van der Waals surface area (Å²) in [6.07, 6.45) is 5.53. The Balaban J connectivity index is 1.86. The molecule has 2 heterocycles. The standard InChI is InChI=1S/C17H13N5O2S/c18-9-14-13-6-1-2-7-15(13)25-17(14)21-16(19-10-20-21)11-4-3-5-12(8-11)22(23)24/h3-5,8,10H,1-2,6-7H2. The summed E-state index contributed by atoms with van der Waals surface area (Å²) >= 11 is 1.57. The molecule has 4 rings (SSSR count). The summed E-state index contributed by atoms with van der Waals surface area (Å²) < 4.78 is 1.63. The largest absolute Gasteiger partial charge is 0.270 e. The predicted octanol–water partition coefficient (Wildman–Crippen LogP) is 3.65. The third-order valence-corrected chi connectivity index (χ3v) is 5.59. The van der Waals surface area contributed by atoms with Crippen LogP contribution in [0.25, 0.3) is 16.4 Å². The Hall–Kier alpha value is -3.05. The zero-order valence-corrected chi connectivity index (χ0v) is 14.0. The highest BCUT2D eigenvalue weighted by Crippen LogP contribution is 2.37. The van der Waals surface area contributed by atoms with Crippen LogP contribution in [0.5, 0.6) is 0 Å². The number of nitrogens with zero attached hydrogens (tertiary/aromatic N) is 5. The van der Waals surface area contributed by atoms with Crippen molar-refractivity contribution in [1.29, 1.82) is 5.26 Å².